The van der Waals surface area contributed by atoms with Crippen molar-refractivity contribution in [2.24, 2.45) is 0 Å². The van der Waals surface area contributed by atoms with E-state index >= 15 is 0 Å². The second kappa shape index (κ2) is 6.58. The van der Waals surface area contributed by atoms with Gasteiger partial charge in [-0.3, -0.25) is 0 Å². The Morgan fingerprint density at radius 3 is 2.39 bits per heavy atom. The Balaban J connectivity index is 1.85. The van der Waals surface area contributed by atoms with Gasteiger partial charge in [-0.25, -0.2) is 4.98 Å². The summed E-state index contributed by atoms with van der Waals surface area (Å²) in [4.78, 5) is 7.17. The molecule has 0 saturated heterocycles. The molecule has 120 valence electrons. The highest BCUT2D eigenvalue weighted by Crippen LogP contribution is 2.38. The number of nitrogens with one attached hydrogen (secondary N) is 1. The summed E-state index contributed by atoms with van der Waals surface area (Å²) in [5.41, 5.74) is 2.23. The Kier molecular flexibility index (Phi) is 4.86. The van der Waals surface area contributed by atoms with Crippen LogP contribution >= 0.6 is 58.0 Å². The molecular weight excluding hydrogens is 401 g/mol. The number of benzene rings is 2. The fraction of sp³-hybridized carbons (Fsp3) is 0.133. The van der Waals surface area contributed by atoms with E-state index in [1.54, 1.807) is 24.3 Å². The van der Waals surface area contributed by atoms with Crippen LogP contribution < -0.4 is 4.74 Å². The van der Waals surface area contributed by atoms with Gasteiger partial charge in [0, 0.05) is 11.1 Å². The van der Waals surface area contributed by atoms with Crippen LogP contribution in [0.5, 0.6) is 5.75 Å². The summed E-state index contributed by atoms with van der Waals surface area (Å²) in [6.45, 7) is 0.351. The molecule has 1 aromatic heterocycles. The van der Waals surface area contributed by atoms with Gasteiger partial charge in [-0.1, -0.05) is 70.1 Å². The zero-order valence-corrected chi connectivity index (χ0v) is 15.2. The van der Waals surface area contributed by atoms with Crippen molar-refractivity contribution in [2.45, 2.75) is 10.4 Å². The molecular formula is C15H9Cl5N2O. The maximum Gasteiger partial charge on any atom is 0.248 e. The number of rotatable bonds is 3. The number of hydrogen-bond donors (Lipinski definition) is 1. The number of imidazole rings is 1. The van der Waals surface area contributed by atoms with Crippen molar-refractivity contribution in [3.8, 4) is 5.75 Å². The van der Waals surface area contributed by atoms with Crippen LogP contribution in [-0.2, 0) is 10.4 Å². The number of ether oxygens (including phenoxy) is 1. The standard InChI is InChI=1S/C15H9Cl5N2O/c16-9-3-1-8(2-4-9)7-23-13-6-12-11(5-10(13)17)21-14(22-12)15(18,19)20/h1-6H,7H2,(H,21,22). The lowest BCUT2D eigenvalue weighted by Gasteiger charge is -2.08. The molecule has 0 saturated carbocycles. The van der Waals surface area contributed by atoms with Crippen LogP contribution in [0.1, 0.15) is 11.4 Å². The largest absolute Gasteiger partial charge is 0.487 e. The van der Waals surface area contributed by atoms with Crippen molar-refractivity contribution >= 4 is 69.0 Å². The smallest absolute Gasteiger partial charge is 0.248 e. The first-order chi connectivity index (χ1) is 10.8. The maximum atomic E-state index is 6.23. The highest BCUT2D eigenvalue weighted by atomic mass is 35.6. The van der Waals surface area contributed by atoms with E-state index in [2.05, 4.69) is 9.97 Å². The summed E-state index contributed by atoms with van der Waals surface area (Å²) in [5.74, 6) is 0.722. The van der Waals surface area contributed by atoms with Crippen LogP contribution in [-0.4, -0.2) is 9.97 Å². The molecule has 0 unspecified atom stereocenters. The van der Waals surface area contributed by atoms with Gasteiger partial charge in [0.1, 0.15) is 12.4 Å². The molecule has 0 aliphatic rings. The zero-order valence-electron chi connectivity index (χ0n) is 11.4. The molecule has 1 heterocycles. The Bertz CT molecular complexity index is 839. The Hall–Kier alpha value is -0.840. The quantitative estimate of drug-likeness (QED) is 0.516. The van der Waals surface area contributed by atoms with E-state index in [0.29, 0.717) is 33.4 Å². The van der Waals surface area contributed by atoms with Crippen LogP contribution in [0.15, 0.2) is 36.4 Å². The predicted octanol–water partition coefficient (Wildman–Crippen LogP) is 6.28. The van der Waals surface area contributed by atoms with Gasteiger partial charge >= 0.3 is 0 Å². The predicted molar refractivity (Wildman–Crippen MR) is 96.1 cm³/mol. The number of halogens is 5. The van der Waals surface area contributed by atoms with E-state index in [1.807, 2.05) is 12.1 Å². The molecule has 0 fully saturated rings. The number of aromatic nitrogens is 2. The molecule has 3 rings (SSSR count). The topological polar surface area (TPSA) is 37.9 Å². The van der Waals surface area contributed by atoms with Gasteiger partial charge < -0.3 is 9.72 Å². The monoisotopic (exact) mass is 408 g/mol. The highest BCUT2D eigenvalue weighted by molar-refractivity contribution is 6.66. The van der Waals surface area contributed by atoms with Gasteiger partial charge in [0.25, 0.3) is 0 Å². The Morgan fingerprint density at radius 2 is 1.74 bits per heavy atom. The molecule has 0 aliphatic heterocycles. The molecule has 0 amide bonds. The van der Waals surface area contributed by atoms with E-state index in [9.17, 15) is 0 Å². The molecule has 0 aliphatic carbocycles. The number of hydrogen-bond acceptors (Lipinski definition) is 2. The number of nitrogens with zero attached hydrogens (tertiary/aromatic N) is 1. The third-order valence-electron chi connectivity index (χ3n) is 3.11. The van der Waals surface area contributed by atoms with Gasteiger partial charge in [-0.15, -0.1) is 0 Å². The van der Waals surface area contributed by atoms with Crippen LogP contribution in [0.3, 0.4) is 0 Å². The van der Waals surface area contributed by atoms with Crippen molar-refractivity contribution in [1.29, 1.82) is 0 Å². The minimum atomic E-state index is -1.63. The van der Waals surface area contributed by atoms with Gasteiger partial charge in [0.15, 0.2) is 5.82 Å². The summed E-state index contributed by atoms with van der Waals surface area (Å²) in [7, 11) is 0. The molecule has 8 heteroatoms. The van der Waals surface area contributed by atoms with Crippen LogP contribution in [0.2, 0.25) is 10.0 Å². The Morgan fingerprint density at radius 1 is 1.04 bits per heavy atom. The maximum absolute atomic E-state index is 6.23. The summed E-state index contributed by atoms with van der Waals surface area (Å²) in [5, 5.41) is 1.11. The number of alkyl halides is 3. The van der Waals surface area contributed by atoms with E-state index in [-0.39, 0.29) is 5.82 Å². The molecule has 0 atom stereocenters. The van der Waals surface area contributed by atoms with Gasteiger partial charge in [0.2, 0.25) is 3.79 Å². The van der Waals surface area contributed by atoms with Crippen molar-refractivity contribution < 1.29 is 4.74 Å². The number of H-pyrrole nitrogens is 1. The first-order valence-electron chi connectivity index (χ1n) is 6.46. The minimum Gasteiger partial charge on any atom is -0.487 e. The summed E-state index contributed by atoms with van der Waals surface area (Å²) < 4.78 is 4.11. The fourth-order valence-electron chi connectivity index (χ4n) is 2.00. The SMILES string of the molecule is Clc1ccc(COc2cc3nc(C(Cl)(Cl)Cl)[nH]c3cc2Cl)cc1. The van der Waals surface area contributed by atoms with Crippen molar-refractivity contribution in [3.05, 3.63) is 57.8 Å². The average Bonchev–Trinajstić information content (AvgIpc) is 2.89. The number of fused-ring (bicyclic) bond motifs is 1. The molecule has 3 nitrogen and oxygen atoms in total. The fourth-order valence-corrected chi connectivity index (χ4v) is 2.61. The molecule has 1 N–H and O–H groups in total. The van der Waals surface area contributed by atoms with Crippen LogP contribution in [0.4, 0.5) is 0 Å². The summed E-state index contributed by atoms with van der Waals surface area (Å²) in [6.07, 6.45) is 0. The zero-order chi connectivity index (χ0) is 16.6. The summed E-state index contributed by atoms with van der Waals surface area (Å²) in [6, 6.07) is 10.7. The molecule has 23 heavy (non-hydrogen) atoms. The summed E-state index contributed by atoms with van der Waals surface area (Å²) >= 11 is 29.6. The minimum absolute atomic E-state index is 0.225. The normalized spacial score (nSPS) is 11.9. The third kappa shape index (κ3) is 3.98. The molecule has 0 spiro atoms. The van der Waals surface area contributed by atoms with Crippen molar-refractivity contribution in [3.63, 3.8) is 0 Å². The van der Waals surface area contributed by atoms with Crippen molar-refractivity contribution in [2.75, 3.05) is 0 Å². The van der Waals surface area contributed by atoms with E-state index in [0.717, 1.165) is 5.56 Å². The first kappa shape index (κ1) is 17.0. The second-order valence-corrected chi connectivity index (χ2v) is 7.92. The lowest BCUT2D eigenvalue weighted by Crippen LogP contribution is -2.01. The van der Waals surface area contributed by atoms with E-state index in [1.165, 1.54) is 0 Å². The molecule has 2 aromatic carbocycles. The van der Waals surface area contributed by atoms with Gasteiger partial charge in [0.05, 0.1) is 16.1 Å². The molecule has 3 aromatic rings. The van der Waals surface area contributed by atoms with Crippen LogP contribution in [0.25, 0.3) is 11.0 Å². The second-order valence-electron chi connectivity index (χ2n) is 4.80. The van der Waals surface area contributed by atoms with Gasteiger partial charge in [-0.2, -0.15) is 0 Å². The lowest BCUT2D eigenvalue weighted by atomic mass is 10.2. The van der Waals surface area contributed by atoms with Crippen molar-refractivity contribution in [1.82, 2.24) is 9.97 Å². The molecule has 0 radical (unpaired) electrons. The van der Waals surface area contributed by atoms with E-state index < -0.39 is 3.79 Å². The van der Waals surface area contributed by atoms with E-state index in [4.69, 9.17) is 62.7 Å². The lowest BCUT2D eigenvalue weighted by molar-refractivity contribution is 0.307. The van der Waals surface area contributed by atoms with Gasteiger partial charge in [-0.05, 0) is 23.8 Å². The molecule has 0 bridgehead atoms. The Labute approximate surface area is 157 Å². The third-order valence-corrected chi connectivity index (χ3v) is 4.20. The average molecular weight is 411 g/mol. The number of aromatic amines is 1. The first-order valence-corrected chi connectivity index (χ1v) is 8.35. The highest BCUT2D eigenvalue weighted by Gasteiger charge is 2.27. The van der Waals surface area contributed by atoms with Crippen LogP contribution in [0, 0.1) is 0 Å².